The van der Waals surface area contributed by atoms with E-state index in [2.05, 4.69) is 10.3 Å². The molecule has 1 unspecified atom stereocenters. The lowest BCUT2D eigenvalue weighted by molar-refractivity contribution is -0.148. The zero-order valence-electron chi connectivity index (χ0n) is 17.7. The molecule has 0 aliphatic carbocycles. The van der Waals surface area contributed by atoms with Crippen molar-refractivity contribution in [2.24, 2.45) is 11.3 Å². The van der Waals surface area contributed by atoms with Gasteiger partial charge in [-0.15, -0.1) is 0 Å². The predicted molar refractivity (Wildman–Crippen MR) is 110 cm³/mol. The van der Waals surface area contributed by atoms with Crippen molar-refractivity contribution in [3.05, 3.63) is 36.0 Å². The van der Waals surface area contributed by atoms with E-state index in [0.717, 1.165) is 10.8 Å². The van der Waals surface area contributed by atoms with Crippen molar-refractivity contribution >= 4 is 28.4 Å². The summed E-state index contributed by atoms with van der Waals surface area (Å²) in [4.78, 5) is 40.4. The van der Waals surface area contributed by atoms with Crippen LogP contribution in [-0.4, -0.2) is 42.4 Å². The summed E-state index contributed by atoms with van der Waals surface area (Å²) in [7, 11) is 1.29. The van der Waals surface area contributed by atoms with Crippen LogP contribution in [0.15, 0.2) is 30.5 Å². The molecule has 0 spiro atoms. The number of methoxy groups -OCH3 is 1. The number of carbonyl (C=O) groups is 3. The average Bonchev–Trinajstić information content (AvgIpc) is 2.68. The lowest BCUT2D eigenvalue weighted by Crippen LogP contribution is -2.51. The van der Waals surface area contributed by atoms with Gasteiger partial charge < -0.3 is 14.8 Å². The number of ether oxygens (including phenoxy) is 2. The fourth-order valence-electron chi connectivity index (χ4n) is 2.70. The van der Waals surface area contributed by atoms with E-state index in [1.165, 1.54) is 14.0 Å². The van der Waals surface area contributed by atoms with Crippen LogP contribution >= 0.6 is 0 Å². The van der Waals surface area contributed by atoms with E-state index >= 15 is 0 Å². The standard InChI is InChI=1S/C22H28N2O5/c1-13(2)19(20(26)28-6)24-21(27)22(4,5)12-29-18-10-17-9-15(14(3)25)7-8-16(17)11-23-18/h7-11,13,19H,12H2,1-6H3,(H,24,27). The zero-order chi connectivity index (χ0) is 21.8. The lowest BCUT2D eigenvalue weighted by Gasteiger charge is -2.27. The molecule has 0 bridgehead atoms. The highest BCUT2D eigenvalue weighted by atomic mass is 16.5. The van der Waals surface area contributed by atoms with Gasteiger partial charge in [-0.2, -0.15) is 0 Å². The van der Waals surface area contributed by atoms with Crippen LogP contribution in [0.4, 0.5) is 0 Å². The fraction of sp³-hybridized carbons (Fsp3) is 0.455. The number of esters is 1. The highest BCUT2D eigenvalue weighted by molar-refractivity contribution is 5.98. The van der Waals surface area contributed by atoms with Crippen LogP contribution in [0.3, 0.4) is 0 Å². The first kappa shape index (κ1) is 22.3. The molecule has 1 aromatic carbocycles. The van der Waals surface area contributed by atoms with E-state index in [0.29, 0.717) is 11.4 Å². The lowest BCUT2D eigenvalue weighted by atomic mass is 9.92. The van der Waals surface area contributed by atoms with Gasteiger partial charge in [-0.3, -0.25) is 9.59 Å². The van der Waals surface area contributed by atoms with Crippen LogP contribution in [0.25, 0.3) is 10.8 Å². The minimum Gasteiger partial charge on any atom is -0.477 e. The number of benzene rings is 1. The number of ketones is 1. The molecule has 156 valence electrons. The summed E-state index contributed by atoms with van der Waals surface area (Å²) in [5.74, 6) is -0.578. The molecule has 2 rings (SSSR count). The molecule has 1 heterocycles. The van der Waals surface area contributed by atoms with Gasteiger partial charge in [-0.05, 0) is 38.1 Å². The predicted octanol–water partition coefficient (Wildman–Crippen LogP) is 3.16. The Morgan fingerprint density at radius 3 is 2.41 bits per heavy atom. The smallest absolute Gasteiger partial charge is 0.328 e. The summed E-state index contributed by atoms with van der Waals surface area (Å²) in [6, 6.07) is 6.39. The normalized spacial score (nSPS) is 12.5. The van der Waals surface area contributed by atoms with Crippen molar-refractivity contribution < 1.29 is 23.9 Å². The molecule has 0 radical (unpaired) electrons. The number of aromatic nitrogens is 1. The van der Waals surface area contributed by atoms with Gasteiger partial charge in [0.2, 0.25) is 11.8 Å². The van der Waals surface area contributed by atoms with Crippen molar-refractivity contribution in [3.63, 3.8) is 0 Å². The van der Waals surface area contributed by atoms with E-state index in [1.807, 2.05) is 19.9 Å². The molecule has 0 saturated heterocycles. The summed E-state index contributed by atoms with van der Waals surface area (Å²) in [5, 5.41) is 4.46. The Bertz CT molecular complexity index is 921. The first-order valence-electron chi connectivity index (χ1n) is 9.47. The quantitative estimate of drug-likeness (QED) is 0.540. The molecule has 0 fully saturated rings. The first-order chi connectivity index (χ1) is 13.5. The molecule has 7 heteroatoms. The summed E-state index contributed by atoms with van der Waals surface area (Å²) < 4.78 is 10.5. The van der Waals surface area contributed by atoms with Crippen molar-refractivity contribution in [2.75, 3.05) is 13.7 Å². The van der Waals surface area contributed by atoms with Gasteiger partial charge in [-0.1, -0.05) is 26.0 Å². The fourth-order valence-corrected chi connectivity index (χ4v) is 2.70. The van der Waals surface area contributed by atoms with Gasteiger partial charge in [-0.25, -0.2) is 9.78 Å². The van der Waals surface area contributed by atoms with Crippen LogP contribution in [-0.2, 0) is 14.3 Å². The summed E-state index contributed by atoms with van der Waals surface area (Å²) >= 11 is 0. The van der Waals surface area contributed by atoms with Gasteiger partial charge in [0.05, 0.1) is 12.5 Å². The third-order valence-electron chi connectivity index (χ3n) is 4.71. The number of hydrogen-bond donors (Lipinski definition) is 1. The number of carbonyl (C=O) groups excluding carboxylic acids is 3. The molecule has 7 nitrogen and oxygen atoms in total. The van der Waals surface area contributed by atoms with Crippen molar-refractivity contribution in [1.82, 2.24) is 10.3 Å². The number of Topliss-reactive ketones (excluding diaryl/α,β-unsaturated/α-hetero) is 1. The van der Waals surface area contributed by atoms with Crippen LogP contribution in [0, 0.1) is 11.3 Å². The summed E-state index contributed by atoms with van der Waals surface area (Å²) in [6.45, 7) is 8.70. The molecule has 29 heavy (non-hydrogen) atoms. The van der Waals surface area contributed by atoms with Crippen molar-refractivity contribution in [1.29, 1.82) is 0 Å². The van der Waals surface area contributed by atoms with E-state index in [9.17, 15) is 14.4 Å². The van der Waals surface area contributed by atoms with E-state index < -0.39 is 17.4 Å². The number of amides is 1. The Morgan fingerprint density at radius 2 is 1.83 bits per heavy atom. The monoisotopic (exact) mass is 400 g/mol. The molecular formula is C22H28N2O5. The van der Waals surface area contributed by atoms with E-state index in [1.54, 1.807) is 38.2 Å². The van der Waals surface area contributed by atoms with Crippen LogP contribution in [0.1, 0.15) is 45.0 Å². The number of nitrogens with zero attached hydrogens (tertiary/aromatic N) is 1. The van der Waals surface area contributed by atoms with Gasteiger partial charge in [0.15, 0.2) is 5.78 Å². The maximum absolute atomic E-state index is 12.7. The third-order valence-corrected chi connectivity index (χ3v) is 4.71. The second kappa shape index (κ2) is 9.03. The Kier molecular flexibility index (Phi) is 6.95. The Hall–Kier alpha value is -2.96. The second-order valence-corrected chi connectivity index (χ2v) is 8.03. The maximum atomic E-state index is 12.7. The van der Waals surface area contributed by atoms with Gasteiger partial charge in [0.25, 0.3) is 0 Å². The molecule has 0 aliphatic rings. The molecular weight excluding hydrogens is 372 g/mol. The van der Waals surface area contributed by atoms with E-state index in [4.69, 9.17) is 9.47 Å². The summed E-state index contributed by atoms with van der Waals surface area (Å²) in [6.07, 6.45) is 1.66. The van der Waals surface area contributed by atoms with Gasteiger partial charge in [0, 0.05) is 23.2 Å². The van der Waals surface area contributed by atoms with Gasteiger partial charge >= 0.3 is 5.97 Å². The molecule has 1 amide bonds. The Morgan fingerprint density at radius 1 is 1.14 bits per heavy atom. The largest absolute Gasteiger partial charge is 0.477 e. The minimum absolute atomic E-state index is 0.0192. The van der Waals surface area contributed by atoms with Gasteiger partial charge in [0.1, 0.15) is 12.6 Å². The van der Waals surface area contributed by atoms with E-state index in [-0.39, 0.29) is 24.2 Å². The molecule has 0 aliphatic heterocycles. The maximum Gasteiger partial charge on any atom is 0.328 e. The molecule has 0 saturated carbocycles. The Balaban J connectivity index is 2.11. The SMILES string of the molecule is COC(=O)C(NC(=O)C(C)(C)COc1cc2cc(C(C)=O)ccc2cn1)C(C)C. The molecule has 1 N–H and O–H groups in total. The van der Waals surface area contributed by atoms with Crippen LogP contribution in [0.2, 0.25) is 0 Å². The third kappa shape index (κ3) is 5.53. The molecule has 1 aromatic heterocycles. The number of fused-ring (bicyclic) bond motifs is 1. The van der Waals surface area contributed by atoms with Crippen LogP contribution < -0.4 is 10.1 Å². The Labute approximate surface area is 170 Å². The average molecular weight is 400 g/mol. The highest BCUT2D eigenvalue weighted by Crippen LogP contribution is 2.23. The number of rotatable bonds is 8. The van der Waals surface area contributed by atoms with Crippen molar-refractivity contribution in [2.45, 2.75) is 40.7 Å². The highest BCUT2D eigenvalue weighted by Gasteiger charge is 2.34. The number of hydrogen-bond acceptors (Lipinski definition) is 6. The molecule has 1 atom stereocenters. The topological polar surface area (TPSA) is 94.6 Å². The molecule has 2 aromatic rings. The summed E-state index contributed by atoms with van der Waals surface area (Å²) in [5.41, 5.74) is -0.296. The minimum atomic E-state index is -0.904. The second-order valence-electron chi connectivity index (χ2n) is 8.03. The zero-order valence-corrected chi connectivity index (χ0v) is 17.7. The first-order valence-corrected chi connectivity index (χ1v) is 9.47. The van der Waals surface area contributed by atoms with Crippen LogP contribution in [0.5, 0.6) is 5.88 Å². The number of pyridine rings is 1. The number of nitrogens with one attached hydrogen (secondary N) is 1. The van der Waals surface area contributed by atoms with Crippen molar-refractivity contribution in [3.8, 4) is 5.88 Å².